The van der Waals surface area contributed by atoms with E-state index in [2.05, 4.69) is 0 Å². The molecule has 4 nitrogen and oxygen atoms in total. The molecule has 1 fully saturated rings. The maximum absolute atomic E-state index is 13.3. The minimum Gasteiger partial charge on any atom is -0.481 e. The van der Waals surface area contributed by atoms with Gasteiger partial charge in [0.15, 0.2) is 6.10 Å². The molecular formula is C22H18F2O4. The van der Waals surface area contributed by atoms with Gasteiger partial charge in [0.1, 0.15) is 11.6 Å². The van der Waals surface area contributed by atoms with E-state index >= 15 is 0 Å². The summed E-state index contributed by atoms with van der Waals surface area (Å²) in [4.78, 5) is 24.7. The van der Waals surface area contributed by atoms with Gasteiger partial charge in [-0.3, -0.25) is 9.59 Å². The van der Waals surface area contributed by atoms with Crippen LogP contribution in [-0.4, -0.2) is 17.0 Å². The van der Waals surface area contributed by atoms with E-state index in [9.17, 15) is 23.5 Å². The highest BCUT2D eigenvalue weighted by atomic mass is 19.1. The van der Waals surface area contributed by atoms with Gasteiger partial charge in [-0.1, -0.05) is 36.4 Å². The number of carbonyl (C=O) groups is 2. The van der Waals surface area contributed by atoms with Crippen LogP contribution in [-0.2, 0) is 14.3 Å². The zero-order chi connectivity index (χ0) is 19.8. The van der Waals surface area contributed by atoms with E-state index in [0.29, 0.717) is 17.5 Å². The van der Waals surface area contributed by atoms with Gasteiger partial charge in [-0.15, -0.1) is 0 Å². The minimum absolute atomic E-state index is 0.166. The Bertz CT molecular complexity index is 875. The first-order valence-corrected chi connectivity index (χ1v) is 9.06. The SMILES string of the molecule is O=C(O)[C@@H]1[C@H](C(=O)OC(c2ccc(F)cc2)c2ccc(F)cc2)[C@@H]2C=C[C@H]1C2. The van der Waals surface area contributed by atoms with Gasteiger partial charge in [0.05, 0.1) is 11.8 Å². The first kappa shape index (κ1) is 18.3. The van der Waals surface area contributed by atoms with Crippen LogP contribution in [0, 0.1) is 35.3 Å². The summed E-state index contributed by atoms with van der Waals surface area (Å²) in [5.74, 6) is -4.41. The minimum atomic E-state index is -1.01. The topological polar surface area (TPSA) is 63.6 Å². The maximum atomic E-state index is 13.3. The highest BCUT2D eigenvalue weighted by Gasteiger charge is 2.52. The predicted octanol–water partition coefficient (Wildman–Crippen LogP) is 4.12. The van der Waals surface area contributed by atoms with Crippen LogP contribution in [0.25, 0.3) is 0 Å². The van der Waals surface area contributed by atoms with Crippen LogP contribution in [0.2, 0.25) is 0 Å². The summed E-state index contributed by atoms with van der Waals surface area (Å²) in [7, 11) is 0. The Morgan fingerprint density at radius 3 is 1.79 bits per heavy atom. The summed E-state index contributed by atoms with van der Waals surface area (Å²) < 4.78 is 32.4. The number of carboxylic acid groups (broad SMARTS) is 1. The number of carboxylic acids is 1. The molecule has 6 heteroatoms. The van der Waals surface area contributed by atoms with E-state index in [4.69, 9.17) is 4.74 Å². The lowest BCUT2D eigenvalue weighted by Gasteiger charge is -2.26. The van der Waals surface area contributed by atoms with Crippen molar-refractivity contribution in [3.8, 4) is 0 Å². The second-order valence-electron chi connectivity index (χ2n) is 7.26. The predicted molar refractivity (Wildman–Crippen MR) is 96.1 cm³/mol. The first-order valence-electron chi connectivity index (χ1n) is 9.06. The van der Waals surface area contributed by atoms with Gasteiger partial charge >= 0.3 is 11.9 Å². The van der Waals surface area contributed by atoms with Crippen molar-refractivity contribution in [2.75, 3.05) is 0 Å². The number of ether oxygens (including phenoxy) is 1. The molecule has 2 aliphatic rings. The van der Waals surface area contributed by atoms with E-state index in [0.717, 1.165) is 0 Å². The molecule has 4 rings (SSSR count). The van der Waals surface area contributed by atoms with Crippen molar-refractivity contribution in [1.82, 2.24) is 0 Å². The summed E-state index contributed by atoms with van der Waals surface area (Å²) in [6.45, 7) is 0. The summed E-state index contributed by atoms with van der Waals surface area (Å²) >= 11 is 0. The van der Waals surface area contributed by atoms with E-state index in [-0.39, 0.29) is 11.8 Å². The lowest BCUT2D eigenvalue weighted by molar-refractivity contribution is -0.161. The molecule has 0 saturated heterocycles. The van der Waals surface area contributed by atoms with E-state index < -0.39 is 41.5 Å². The van der Waals surface area contributed by atoms with Crippen LogP contribution < -0.4 is 0 Å². The molecule has 0 spiro atoms. The molecule has 2 aliphatic carbocycles. The maximum Gasteiger partial charge on any atom is 0.311 e. The lowest BCUT2D eigenvalue weighted by Crippen LogP contribution is -2.35. The Morgan fingerprint density at radius 2 is 1.32 bits per heavy atom. The van der Waals surface area contributed by atoms with Crippen LogP contribution in [0.5, 0.6) is 0 Å². The second-order valence-corrected chi connectivity index (χ2v) is 7.26. The van der Waals surface area contributed by atoms with Crippen molar-refractivity contribution in [3.05, 3.63) is 83.4 Å². The van der Waals surface area contributed by atoms with Gasteiger partial charge in [0.2, 0.25) is 0 Å². The molecule has 0 aliphatic heterocycles. The number of halogens is 2. The van der Waals surface area contributed by atoms with Gasteiger partial charge in [-0.05, 0) is 53.6 Å². The summed E-state index contributed by atoms with van der Waals surface area (Å²) in [5.41, 5.74) is 1.04. The van der Waals surface area contributed by atoms with Crippen molar-refractivity contribution >= 4 is 11.9 Å². The smallest absolute Gasteiger partial charge is 0.311 e. The Labute approximate surface area is 160 Å². The molecule has 0 radical (unpaired) electrons. The van der Waals surface area contributed by atoms with Crippen LogP contribution in [0.4, 0.5) is 8.78 Å². The number of benzene rings is 2. The van der Waals surface area contributed by atoms with Crippen LogP contribution in [0.15, 0.2) is 60.7 Å². The Balaban J connectivity index is 1.64. The highest BCUT2D eigenvalue weighted by molar-refractivity contribution is 5.83. The molecule has 2 aromatic rings. The molecule has 1 saturated carbocycles. The molecule has 0 amide bonds. The van der Waals surface area contributed by atoms with Crippen LogP contribution in [0.3, 0.4) is 0 Å². The number of hydrogen-bond acceptors (Lipinski definition) is 3. The van der Waals surface area contributed by atoms with Crippen molar-refractivity contribution in [2.24, 2.45) is 23.7 Å². The Kier molecular flexibility index (Phi) is 4.71. The normalized spacial score (nSPS) is 25.2. The lowest BCUT2D eigenvalue weighted by atomic mass is 9.83. The summed E-state index contributed by atoms with van der Waals surface area (Å²) in [5, 5.41) is 9.56. The van der Waals surface area contributed by atoms with Gasteiger partial charge < -0.3 is 9.84 Å². The van der Waals surface area contributed by atoms with Crippen molar-refractivity contribution in [2.45, 2.75) is 12.5 Å². The van der Waals surface area contributed by atoms with Crippen molar-refractivity contribution in [1.29, 1.82) is 0 Å². The number of aliphatic carboxylic acids is 1. The summed E-state index contributed by atoms with van der Waals surface area (Å²) in [6, 6.07) is 11.0. The molecule has 1 N–H and O–H groups in total. The number of rotatable bonds is 5. The average Bonchev–Trinajstić information content (AvgIpc) is 3.29. The molecular weight excluding hydrogens is 366 g/mol. The third-order valence-electron chi connectivity index (χ3n) is 5.60. The number of hydrogen-bond donors (Lipinski definition) is 1. The third kappa shape index (κ3) is 3.30. The Hall–Kier alpha value is -3.02. The third-order valence-corrected chi connectivity index (χ3v) is 5.60. The van der Waals surface area contributed by atoms with E-state index in [1.807, 2.05) is 12.2 Å². The zero-order valence-electron chi connectivity index (χ0n) is 14.8. The second kappa shape index (κ2) is 7.19. The van der Waals surface area contributed by atoms with Gasteiger partial charge in [-0.2, -0.15) is 0 Å². The quantitative estimate of drug-likeness (QED) is 0.622. The monoisotopic (exact) mass is 384 g/mol. The molecule has 144 valence electrons. The van der Waals surface area contributed by atoms with E-state index in [1.165, 1.54) is 48.5 Å². The fraction of sp³-hybridized carbons (Fsp3) is 0.273. The molecule has 0 heterocycles. The van der Waals surface area contributed by atoms with Gasteiger partial charge in [0, 0.05) is 0 Å². The molecule has 0 unspecified atom stereocenters. The molecule has 28 heavy (non-hydrogen) atoms. The van der Waals surface area contributed by atoms with E-state index in [1.54, 1.807) is 0 Å². The average molecular weight is 384 g/mol. The number of esters is 1. The fourth-order valence-corrected chi connectivity index (χ4v) is 4.28. The largest absolute Gasteiger partial charge is 0.481 e. The Morgan fingerprint density at radius 1 is 0.857 bits per heavy atom. The van der Waals surface area contributed by atoms with Gasteiger partial charge in [0.25, 0.3) is 0 Å². The van der Waals surface area contributed by atoms with Crippen molar-refractivity contribution < 1.29 is 28.2 Å². The number of allylic oxidation sites excluding steroid dienone is 2. The molecule has 2 aromatic carbocycles. The zero-order valence-corrected chi connectivity index (χ0v) is 14.8. The fourth-order valence-electron chi connectivity index (χ4n) is 4.28. The molecule has 4 atom stereocenters. The van der Waals surface area contributed by atoms with Crippen LogP contribution >= 0.6 is 0 Å². The highest BCUT2D eigenvalue weighted by Crippen LogP contribution is 2.49. The van der Waals surface area contributed by atoms with Gasteiger partial charge in [-0.25, -0.2) is 8.78 Å². The first-order chi connectivity index (χ1) is 13.4. The number of carbonyl (C=O) groups excluding carboxylic acids is 1. The van der Waals surface area contributed by atoms with Crippen LogP contribution in [0.1, 0.15) is 23.7 Å². The molecule has 2 bridgehead atoms. The van der Waals surface area contributed by atoms with Crippen molar-refractivity contribution in [3.63, 3.8) is 0 Å². The molecule has 0 aromatic heterocycles. The summed E-state index contributed by atoms with van der Waals surface area (Å²) in [6.07, 6.45) is 3.46. The standard InChI is InChI=1S/C22H18F2O4/c23-16-7-3-12(4-8-16)20(13-5-9-17(24)10-6-13)28-22(27)19-15-2-1-14(11-15)18(19)21(25)26/h1-10,14-15,18-20H,11H2,(H,25,26)/t14-,15+,18-,19+/m0/s1. The number of fused-ring (bicyclic) bond motifs is 2.